The van der Waals surface area contributed by atoms with Crippen molar-refractivity contribution >= 4 is 23.7 Å². The van der Waals surface area contributed by atoms with Crippen LogP contribution in [0.1, 0.15) is 5.56 Å². The van der Waals surface area contributed by atoms with Gasteiger partial charge in [0.25, 0.3) is 0 Å². The molecular weight excluding hydrogens is 395 g/mol. The summed E-state index contributed by atoms with van der Waals surface area (Å²) in [6, 6.07) is 9.96. The first-order valence-corrected chi connectivity index (χ1v) is 9.35. The van der Waals surface area contributed by atoms with Gasteiger partial charge in [0.15, 0.2) is 0 Å². The van der Waals surface area contributed by atoms with E-state index in [1.807, 2.05) is 0 Å². The fraction of sp³-hybridized carbons (Fsp3) is 0.111. The van der Waals surface area contributed by atoms with E-state index in [2.05, 4.69) is 14.7 Å². The Labute approximate surface area is 162 Å². The molecule has 2 aromatic carbocycles. The number of nitrogens with one attached hydrogen (secondary N) is 1. The van der Waals surface area contributed by atoms with E-state index in [9.17, 15) is 18.3 Å². The molecule has 4 nitrogen and oxygen atoms in total. The Morgan fingerprint density at radius 1 is 1.00 bits per heavy atom. The largest absolute Gasteiger partial charge is 0.507 e. The standard InChI is InChI=1S/C18H14F3N3OS2/c1-22-27-15-10-11(2-7-14(15)25)16-17(24-9-8-23-16)26-13-5-3-12(4-6-13)18(19,20)21/h2-10,22,25H,1H3. The topological polar surface area (TPSA) is 58.0 Å². The highest BCUT2D eigenvalue weighted by Crippen LogP contribution is 2.37. The predicted molar refractivity (Wildman–Crippen MR) is 99.6 cm³/mol. The highest BCUT2D eigenvalue weighted by molar-refractivity contribution is 7.99. The Morgan fingerprint density at radius 2 is 1.70 bits per heavy atom. The van der Waals surface area contributed by atoms with Gasteiger partial charge in [0.2, 0.25) is 0 Å². The van der Waals surface area contributed by atoms with Crippen LogP contribution >= 0.6 is 23.7 Å². The summed E-state index contributed by atoms with van der Waals surface area (Å²) in [5.41, 5.74) is 0.631. The number of phenolic OH excluding ortho intramolecular Hbond substituents is 1. The van der Waals surface area contributed by atoms with Crippen molar-refractivity contribution in [3.05, 3.63) is 60.4 Å². The van der Waals surface area contributed by atoms with Crippen LogP contribution in [0.25, 0.3) is 11.3 Å². The minimum atomic E-state index is -4.37. The lowest BCUT2D eigenvalue weighted by Gasteiger charge is -2.10. The smallest absolute Gasteiger partial charge is 0.416 e. The van der Waals surface area contributed by atoms with E-state index in [1.54, 1.807) is 31.4 Å². The maximum atomic E-state index is 12.7. The zero-order valence-electron chi connectivity index (χ0n) is 14.0. The van der Waals surface area contributed by atoms with Crippen LogP contribution in [0.2, 0.25) is 0 Å². The first-order valence-electron chi connectivity index (χ1n) is 7.71. The summed E-state index contributed by atoms with van der Waals surface area (Å²) in [4.78, 5) is 9.92. The molecule has 2 N–H and O–H groups in total. The molecule has 3 aromatic rings. The molecule has 0 radical (unpaired) electrons. The van der Waals surface area contributed by atoms with Crippen LogP contribution < -0.4 is 4.72 Å². The van der Waals surface area contributed by atoms with Crippen molar-refractivity contribution in [3.8, 4) is 17.0 Å². The average molecular weight is 409 g/mol. The Hall–Kier alpha value is -2.23. The number of nitrogens with zero attached hydrogens (tertiary/aromatic N) is 2. The normalized spacial score (nSPS) is 11.6. The van der Waals surface area contributed by atoms with E-state index in [1.165, 1.54) is 42.0 Å². The number of hydrogen-bond acceptors (Lipinski definition) is 6. The maximum Gasteiger partial charge on any atom is 0.416 e. The van der Waals surface area contributed by atoms with Gasteiger partial charge in [-0.2, -0.15) is 13.2 Å². The van der Waals surface area contributed by atoms with Gasteiger partial charge in [-0.15, -0.1) is 0 Å². The van der Waals surface area contributed by atoms with E-state index >= 15 is 0 Å². The number of rotatable bonds is 5. The van der Waals surface area contributed by atoms with Crippen molar-refractivity contribution in [3.63, 3.8) is 0 Å². The van der Waals surface area contributed by atoms with Crippen LogP contribution in [-0.4, -0.2) is 22.1 Å². The van der Waals surface area contributed by atoms with Gasteiger partial charge in [-0.3, -0.25) is 9.71 Å². The molecule has 1 heterocycles. The lowest BCUT2D eigenvalue weighted by Crippen LogP contribution is -2.03. The zero-order chi connectivity index (χ0) is 19.4. The van der Waals surface area contributed by atoms with Gasteiger partial charge in [-0.1, -0.05) is 11.8 Å². The van der Waals surface area contributed by atoms with E-state index in [0.29, 0.717) is 20.5 Å². The molecule has 1 aromatic heterocycles. The molecule has 0 saturated carbocycles. The number of phenols is 1. The van der Waals surface area contributed by atoms with Crippen LogP contribution in [0.5, 0.6) is 5.75 Å². The average Bonchev–Trinajstić information content (AvgIpc) is 2.64. The van der Waals surface area contributed by atoms with Crippen molar-refractivity contribution < 1.29 is 18.3 Å². The second kappa shape index (κ2) is 8.20. The van der Waals surface area contributed by atoms with E-state index in [-0.39, 0.29) is 5.75 Å². The van der Waals surface area contributed by atoms with Crippen molar-refractivity contribution in [2.24, 2.45) is 0 Å². The molecule has 140 valence electrons. The first kappa shape index (κ1) is 19.5. The molecule has 0 amide bonds. The molecule has 0 aliphatic heterocycles. The summed E-state index contributed by atoms with van der Waals surface area (Å²) in [5.74, 6) is 0.138. The van der Waals surface area contributed by atoms with Gasteiger partial charge in [-0.05, 0) is 61.5 Å². The summed E-state index contributed by atoms with van der Waals surface area (Å²) in [6.07, 6.45) is -1.29. The molecule has 0 spiro atoms. The number of hydrogen-bond donors (Lipinski definition) is 2. The molecule has 0 aliphatic carbocycles. The van der Waals surface area contributed by atoms with Crippen LogP contribution in [0.15, 0.2) is 69.7 Å². The second-order valence-corrected chi connectivity index (χ2v) is 7.44. The number of aromatic nitrogens is 2. The van der Waals surface area contributed by atoms with Crippen LogP contribution in [0, 0.1) is 0 Å². The second-order valence-electron chi connectivity index (χ2n) is 5.32. The van der Waals surface area contributed by atoms with E-state index < -0.39 is 11.7 Å². The third kappa shape index (κ3) is 4.74. The molecule has 0 bridgehead atoms. The quantitative estimate of drug-likeness (QED) is 0.562. The van der Waals surface area contributed by atoms with Gasteiger partial charge >= 0.3 is 6.18 Å². The zero-order valence-corrected chi connectivity index (χ0v) is 15.6. The van der Waals surface area contributed by atoms with Gasteiger partial charge in [0, 0.05) is 22.9 Å². The van der Waals surface area contributed by atoms with Gasteiger partial charge in [0.05, 0.1) is 10.5 Å². The summed E-state index contributed by atoms with van der Waals surface area (Å²) in [6.45, 7) is 0. The maximum absolute atomic E-state index is 12.7. The van der Waals surface area contributed by atoms with Crippen LogP contribution in [0.3, 0.4) is 0 Å². The number of benzene rings is 2. The molecule has 0 aliphatic rings. The van der Waals surface area contributed by atoms with Gasteiger partial charge in [-0.25, -0.2) is 4.98 Å². The molecule has 0 atom stereocenters. The van der Waals surface area contributed by atoms with Crippen LogP contribution in [0.4, 0.5) is 13.2 Å². The highest BCUT2D eigenvalue weighted by atomic mass is 32.2. The van der Waals surface area contributed by atoms with Crippen molar-refractivity contribution in [2.45, 2.75) is 21.0 Å². The number of halogens is 3. The molecule has 0 saturated heterocycles. The minimum Gasteiger partial charge on any atom is -0.507 e. The summed E-state index contributed by atoms with van der Waals surface area (Å²) in [7, 11) is 1.74. The SMILES string of the molecule is CNSc1cc(-c2nccnc2Sc2ccc(C(F)(F)F)cc2)ccc1O. The Balaban J connectivity index is 1.92. The Morgan fingerprint density at radius 3 is 2.37 bits per heavy atom. The highest BCUT2D eigenvalue weighted by Gasteiger charge is 2.30. The van der Waals surface area contributed by atoms with Crippen molar-refractivity contribution in [1.29, 1.82) is 0 Å². The Bertz CT molecular complexity index is 934. The van der Waals surface area contributed by atoms with Crippen molar-refractivity contribution in [1.82, 2.24) is 14.7 Å². The molecule has 0 fully saturated rings. The monoisotopic (exact) mass is 409 g/mol. The summed E-state index contributed by atoms with van der Waals surface area (Å²) < 4.78 is 41.0. The van der Waals surface area contributed by atoms with Crippen LogP contribution in [-0.2, 0) is 6.18 Å². The molecule has 9 heteroatoms. The molecule has 3 rings (SSSR count). The molecule has 27 heavy (non-hydrogen) atoms. The summed E-state index contributed by atoms with van der Waals surface area (Å²) >= 11 is 2.49. The van der Waals surface area contributed by atoms with Gasteiger partial charge in [0.1, 0.15) is 16.5 Å². The summed E-state index contributed by atoms with van der Waals surface area (Å²) in [5, 5.41) is 10.5. The fourth-order valence-electron chi connectivity index (χ4n) is 2.27. The Kier molecular flexibility index (Phi) is 5.93. The third-order valence-electron chi connectivity index (χ3n) is 3.51. The van der Waals surface area contributed by atoms with E-state index in [0.717, 1.165) is 17.7 Å². The predicted octanol–water partition coefficient (Wildman–Crippen LogP) is 5.25. The number of alkyl halides is 3. The minimum absolute atomic E-state index is 0.138. The third-order valence-corrected chi connectivity index (χ3v) is 5.26. The lowest BCUT2D eigenvalue weighted by atomic mass is 10.1. The lowest BCUT2D eigenvalue weighted by molar-refractivity contribution is -0.137. The molecule has 0 unspecified atom stereocenters. The van der Waals surface area contributed by atoms with E-state index in [4.69, 9.17) is 0 Å². The first-order chi connectivity index (χ1) is 12.9. The van der Waals surface area contributed by atoms with Crippen molar-refractivity contribution in [2.75, 3.05) is 7.05 Å². The fourth-order valence-corrected chi connectivity index (χ4v) is 3.73. The van der Waals surface area contributed by atoms with Gasteiger partial charge < -0.3 is 5.11 Å². The number of aromatic hydroxyl groups is 1. The molecular formula is C18H14F3N3OS2.